The number of aliphatic hydroxyl groups is 1. The molecular formula is C15H22O2. The van der Waals surface area contributed by atoms with Gasteiger partial charge in [0.1, 0.15) is 6.10 Å². The van der Waals surface area contributed by atoms with E-state index < -0.39 is 6.10 Å². The summed E-state index contributed by atoms with van der Waals surface area (Å²) >= 11 is 0. The lowest BCUT2D eigenvalue weighted by Crippen LogP contribution is -2.35. The molecule has 2 heteroatoms. The number of carbonyl (C=O) groups excluding carboxylic acids is 1. The van der Waals surface area contributed by atoms with Crippen LogP contribution in [-0.4, -0.2) is 17.0 Å². The highest BCUT2D eigenvalue weighted by Crippen LogP contribution is 2.39. The van der Waals surface area contributed by atoms with Crippen molar-refractivity contribution in [3.63, 3.8) is 0 Å². The first-order valence-electron chi connectivity index (χ1n) is 6.04. The van der Waals surface area contributed by atoms with E-state index in [0.29, 0.717) is 12.0 Å². The molecule has 1 rings (SSSR count). The molecule has 0 saturated carbocycles. The van der Waals surface area contributed by atoms with Gasteiger partial charge in [-0.3, -0.25) is 4.79 Å². The molecule has 1 aliphatic carbocycles. The van der Waals surface area contributed by atoms with Gasteiger partial charge in [-0.25, -0.2) is 0 Å². The van der Waals surface area contributed by atoms with Gasteiger partial charge in [-0.1, -0.05) is 37.6 Å². The Labute approximate surface area is 104 Å². The molecule has 1 atom stereocenters. The van der Waals surface area contributed by atoms with Crippen LogP contribution >= 0.6 is 0 Å². The van der Waals surface area contributed by atoms with Crippen LogP contribution in [0.1, 0.15) is 41.0 Å². The van der Waals surface area contributed by atoms with Gasteiger partial charge < -0.3 is 5.11 Å². The molecule has 0 spiro atoms. The minimum atomic E-state index is -0.843. The number of aliphatic hydroxyl groups excluding tert-OH is 1. The number of carbonyl (C=O) groups is 1. The fraction of sp³-hybridized carbons (Fsp3) is 0.533. The van der Waals surface area contributed by atoms with E-state index in [4.69, 9.17) is 0 Å². The van der Waals surface area contributed by atoms with E-state index in [0.717, 1.165) is 5.57 Å². The Morgan fingerprint density at radius 1 is 1.47 bits per heavy atom. The van der Waals surface area contributed by atoms with Crippen LogP contribution in [0.2, 0.25) is 0 Å². The number of rotatable bonds is 2. The van der Waals surface area contributed by atoms with Crippen LogP contribution in [-0.2, 0) is 4.79 Å². The van der Waals surface area contributed by atoms with Crippen molar-refractivity contribution in [1.29, 1.82) is 0 Å². The van der Waals surface area contributed by atoms with E-state index in [1.807, 2.05) is 32.1 Å². The largest absolute Gasteiger partial charge is 0.385 e. The van der Waals surface area contributed by atoms with Crippen LogP contribution in [0, 0.1) is 5.41 Å². The average Bonchev–Trinajstić information content (AvgIpc) is 2.24. The van der Waals surface area contributed by atoms with Gasteiger partial charge in [0.2, 0.25) is 0 Å². The van der Waals surface area contributed by atoms with Gasteiger partial charge in [-0.2, -0.15) is 0 Å². The minimum absolute atomic E-state index is 0.137. The summed E-state index contributed by atoms with van der Waals surface area (Å²) in [6.07, 6.45) is 5.71. The molecule has 94 valence electrons. The quantitative estimate of drug-likeness (QED) is 0.745. The highest BCUT2D eigenvalue weighted by Gasteiger charge is 2.36. The van der Waals surface area contributed by atoms with Crippen molar-refractivity contribution in [1.82, 2.24) is 0 Å². The number of hydrogen-bond acceptors (Lipinski definition) is 2. The molecular weight excluding hydrogens is 212 g/mol. The van der Waals surface area contributed by atoms with Gasteiger partial charge >= 0.3 is 0 Å². The second kappa shape index (κ2) is 5.01. The van der Waals surface area contributed by atoms with Crippen LogP contribution in [0.25, 0.3) is 0 Å². The predicted molar refractivity (Wildman–Crippen MR) is 70.7 cm³/mol. The fourth-order valence-corrected chi connectivity index (χ4v) is 2.24. The predicted octanol–water partition coefficient (Wildman–Crippen LogP) is 3.19. The maximum atomic E-state index is 11.8. The van der Waals surface area contributed by atoms with Crippen LogP contribution in [0.15, 0.2) is 34.9 Å². The van der Waals surface area contributed by atoms with Gasteiger partial charge in [0.25, 0.3) is 0 Å². The smallest absolute Gasteiger partial charge is 0.187 e. The Kier molecular flexibility index (Phi) is 4.10. The summed E-state index contributed by atoms with van der Waals surface area (Å²) in [5.74, 6) is -0.137. The van der Waals surface area contributed by atoms with Crippen molar-refractivity contribution < 1.29 is 9.90 Å². The lowest BCUT2D eigenvalue weighted by atomic mass is 9.71. The van der Waals surface area contributed by atoms with Crippen molar-refractivity contribution >= 4 is 5.78 Å². The summed E-state index contributed by atoms with van der Waals surface area (Å²) in [4.78, 5) is 11.8. The van der Waals surface area contributed by atoms with Gasteiger partial charge in [0.15, 0.2) is 5.78 Å². The molecule has 0 amide bonds. The third-order valence-corrected chi connectivity index (χ3v) is 3.48. The summed E-state index contributed by atoms with van der Waals surface area (Å²) in [6.45, 7) is 9.95. The number of allylic oxidation sites excluding steroid dienone is 5. The molecule has 2 nitrogen and oxygen atoms in total. The maximum Gasteiger partial charge on any atom is 0.187 e. The zero-order chi connectivity index (χ0) is 13.2. The zero-order valence-corrected chi connectivity index (χ0v) is 11.4. The highest BCUT2D eigenvalue weighted by molar-refractivity contribution is 6.00. The van der Waals surface area contributed by atoms with E-state index in [1.165, 1.54) is 5.57 Å². The summed E-state index contributed by atoms with van der Waals surface area (Å²) in [5.41, 5.74) is 2.74. The molecule has 0 aromatic rings. The first-order chi connectivity index (χ1) is 7.79. The van der Waals surface area contributed by atoms with Crippen molar-refractivity contribution in [2.45, 2.75) is 47.1 Å². The molecule has 1 N–H and O–H groups in total. The summed E-state index contributed by atoms with van der Waals surface area (Å²) in [7, 11) is 0. The minimum Gasteiger partial charge on any atom is -0.385 e. The molecule has 0 aromatic heterocycles. The lowest BCUT2D eigenvalue weighted by Gasteiger charge is -2.34. The van der Waals surface area contributed by atoms with E-state index in [9.17, 15) is 9.90 Å². The van der Waals surface area contributed by atoms with Crippen LogP contribution in [0.4, 0.5) is 0 Å². The van der Waals surface area contributed by atoms with Gasteiger partial charge in [-0.05, 0) is 43.8 Å². The van der Waals surface area contributed by atoms with Crippen molar-refractivity contribution in [3.05, 3.63) is 34.9 Å². The Bertz CT molecular complexity index is 409. The Morgan fingerprint density at radius 3 is 2.59 bits per heavy atom. The molecule has 0 saturated heterocycles. The molecule has 0 aromatic carbocycles. The molecule has 0 radical (unpaired) electrons. The number of ketones is 1. The highest BCUT2D eigenvalue weighted by atomic mass is 16.3. The van der Waals surface area contributed by atoms with Gasteiger partial charge in [0, 0.05) is 0 Å². The Balaban J connectivity index is 3.17. The van der Waals surface area contributed by atoms with Gasteiger partial charge in [0.05, 0.1) is 0 Å². The topological polar surface area (TPSA) is 37.3 Å². The van der Waals surface area contributed by atoms with E-state index in [1.54, 1.807) is 6.92 Å². The SMILES string of the molecule is CC=C(C)C=CC1=C(C)C(=O)C(O)CC1(C)C. The first-order valence-corrected chi connectivity index (χ1v) is 6.04. The van der Waals surface area contributed by atoms with Crippen molar-refractivity contribution in [3.8, 4) is 0 Å². The normalized spacial score (nSPS) is 25.9. The molecule has 0 aliphatic heterocycles. The van der Waals surface area contributed by atoms with Crippen molar-refractivity contribution in [2.24, 2.45) is 5.41 Å². The third kappa shape index (κ3) is 2.95. The maximum absolute atomic E-state index is 11.8. The summed E-state index contributed by atoms with van der Waals surface area (Å²) < 4.78 is 0. The summed E-state index contributed by atoms with van der Waals surface area (Å²) in [6, 6.07) is 0. The van der Waals surface area contributed by atoms with Crippen LogP contribution in [0.3, 0.4) is 0 Å². The van der Waals surface area contributed by atoms with Crippen molar-refractivity contribution in [2.75, 3.05) is 0 Å². The monoisotopic (exact) mass is 234 g/mol. The second-order valence-electron chi connectivity index (χ2n) is 5.37. The average molecular weight is 234 g/mol. The Morgan fingerprint density at radius 2 is 2.06 bits per heavy atom. The van der Waals surface area contributed by atoms with E-state index >= 15 is 0 Å². The molecule has 1 unspecified atom stereocenters. The molecule has 17 heavy (non-hydrogen) atoms. The number of Topliss-reactive ketones (excluding diaryl/α,β-unsaturated/α-hetero) is 1. The standard InChI is InChI=1S/C15H22O2/c1-6-10(2)7-8-12-11(3)14(17)13(16)9-15(12,4)5/h6-8,13,16H,9H2,1-5H3. The lowest BCUT2D eigenvalue weighted by molar-refractivity contribution is -0.125. The molecule has 1 aliphatic rings. The number of hydrogen-bond donors (Lipinski definition) is 1. The second-order valence-corrected chi connectivity index (χ2v) is 5.37. The van der Waals surface area contributed by atoms with Crippen LogP contribution < -0.4 is 0 Å². The molecule has 0 fully saturated rings. The van der Waals surface area contributed by atoms with E-state index in [2.05, 4.69) is 13.8 Å². The fourth-order valence-electron chi connectivity index (χ4n) is 2.24. The zero-order valence-electron chi connectivity index (χ0n) is 11.4. The summed E-state index contributed by atoms with van der Waals surface area (Å²) in [5, 5.41) is 9.71. The first kappa shape index (κ1) is 13.9. The van der Waals surface area contributed by atoms with Gasteiger partial charge in [-0.15, -0.1) is 0 Å². The van der Waals surface area contributed by atoms with Crippen LogP contribution in [0.5, 0.6) is 0 Å². The molecule has 0 bridgehead atoms. The van der Waals surface area contributed by atoms with E-state index in [-0.39, 0.29) is 11.2 Å². The third-order valence-electron chi connectivity index (χ3n) is 3.48. The molecule has 0 heterocycles. The Hall–Kier alpha value is -1.15.